The highest BCUT2D eigenvalue weighted by Crippen LogP contribution is 2.52. The van der Waals surface area contributed by atoms with E-state index in [1.165, 1.54) is 18.2 Å². The van der Waals surface area contributed by atoms with Crippen LogP contribution in [0.1, 0.15) is 51.0 Å². The quantitative estimate of drug-likeness (QED) is 0.254. The van der Waals surface area contributed by atoms with E-state index >= 15 is 0 Å². The average Bonchev–Trinajstić information content (AvgIpc) is 3.31. The van der Waals surface area contributed by atoms with E-state index in [0.717, 1.165) is 23.1 Å². The number of benzene rings is 3. The zero-order valence-electron chi connectivity index (χ0n) is 18.9. The first-order chi connectivity index (χ1) is 16.3. The second-order valence-electron chi connectivity index (χ2n) is 9.00. The van der Waals surface area contributed by atoms with Gasteiger partial charge in [-0.15, -0.1) is 0 Å². The molecule has 0 radical (unpaired) electrons. The first-order valence-corrected chi connectivity index (χ1v) is 11.3. The summed E-state index contributed by atoms with van der Waals surface area (Å²) >= 11 is 0. The number of aromatic hydroxyl groups is 1. The van der Waals surface area contributed by atoms with E-state index in [1.807, 2.05) is 44.2 Å². The lowest BCUT2D eigenvalue weighted by molar-refractivity contribution is -0.385. The van der Waals surface area contributed by atoms with Crippen molar-refractivity contribution in [3.63, 3.8) is 0 Å². The largest absolute Gasteiger partial charge is 0.508 e. The third-order valence-corrected chi connectivity index (χ3v) is 6.96. The molecule has 3 N–H and O–H groups in total. The number of hydrogen-bond donors (Lipinski definition) is 3. The summed E-state index contributed by atoms with van der Waals surface area (Å²) in [4.78, 5) is 24.2. The zero-order chi connectivity index (χ0) is 24.0. The number of anilines is 2. The van der Waals surface area contributed by atoms with Gasteiger partial charge in [0.1, 0.15) is 5.75 Å². The first-order valence-electron chi connectivity index (χ1n) is 11.3. The van der Waals surface area contributed by atoms with Gasteiger partial charge in [0.25, 0.3) is 11.6 Å². The molecule has 3 aromatic rings. The van der Waals surface area contributed by atoms with E-state index < -0.39 is 4.92 Å². The van der Waals surface area contributed by atoms with E-state index in [1.54, 1.807) is 6.07 Å². The number of aryl methyl sites for hydroxylation is 2. The van der Waals surface area contributed by atoms with Crippen LogP contribution < -0.4 is 10.6 Å². The molecular weight excluding hydrogens is 430 g/mol. The molecule has 0 saturated carbocycles. The molecule has 0 bridgehead atoms. The van der Waals surface area contributed by atoms with Crippen LogP contribution in [0.4, 0.5) is 17.1 Å². The number of hydrogen-bond acceptors (Lipinski definition) is 5. The molecule has 172 valence electrons. The number of nitro benzene ring substituents is 1. The fourth-order valence-electron chi connectivity index (χ4n) is 5.04. The van der Waals surface area contributed by atoms with Crippen LogP contribution in [0, 0.1) is 29.9 Å². The van der Waals surface area contributed by atoms with Gasteiger partial charge in [-0.3, -0.25) is 14.9 Å². The lowest BCUT2D eigenvalue weighted by Crippen LogP contribution is -2.31. The Morgan fingerprint density at radius 3 is 2.68 bits per heavy atom. The first kappa shape index (κ1) is 21.7. The molecule has 3 atom stereocenters. The molecule has 7 nitrogen and oxygen atoms in total. The molecule has 0 spiro atoms. The van der Waals surface area contributed by atoms with Gasteiger partial charge in [0.15, 0.2) is 0 Å². The third kappa shape index (κ3) is 3.69. The second kappa shape index (κ2) is 8.33. The number of phenols is 1. The SMILES string of the molecule is Cc1ccc(NC(=O)c2cccc3c2NC(c2cc([N+](=O)[O-])ccc2O)C2CC=CC32)cc1C. The molecule has 5 rings (SSSR count). The summed E-state index contributed by atoms with van der Waals surface area (Å²) in [6.07, 6.45) is 4.98. The topological polar surface area (TPSA) is 104 Å². The fourth-order valence-corrected chi connectivity index (χ4v) is 5.04. The van der Waals surface area contributed by atoms with Gasteiger partial charge >= 0.3 is 0 Å². The average molecular weight is 456 g/mol. The van der Waals surface area contributed by atoms with E-state index in [9.17, 15) is 20.0 Å². The molecule has 1 aliphatic heterocycles. The Hall–Kier alpha value is -4.13. The lowest BCUT2D eigenvalue weighted by atomic mass is 9.76. The lowest BCUT2D eigenvalue weighted by Gasteiger charge is -2.38. The summed E-state index contributed by atoms with van der Waals surface area (Å²) in [6.45, 7) is 4.02. The van der Waals surface area contributed by atoms with Crippen LogP contribution >= 0.6 is 0 Å². The van der Waals surface area contributed by atoms with Gasteiger partial charge in [-0.1, -0.05) is 30.4 Å². The van der Waals surface area contributed by atoms with Crippen LogP contribution in [0.5, 0.6) is 5.75 Å². The Bertz CT molecular complexity index is 1350. The highest BCUT2D eigenvalue weighted by molar-refractivity contribution is 6.08. The predicted molar refractivity (Wildman–Crippen MR) is 131 cm³/mol. The molecule has 0 saturated heterocycles. The summed E-state index contributed by atoms with van der Waals surface area (Å²) in [5, 5.41) is 28.4. The normalized spacial score (nSPS) is 20.2. The maximum atomic E-state index is 13.3. The van der Waals surface area contributed by atoms with Gasteiger partial charge < -0.3 is 15.7 Å². The van der Waals surface area contributed by atoms with E-state index in [2.05, 4.69) is 22.8 Å². The van der Waals surface area contributed by atoms with Gasteiger partial charge in [-0.05, 0) is 67.1 Å². The third-order valence-electron chi connectivity index (χ3n) is 6.96. The Labute approximate surface area is 197 Å². The van der Waals surface area contributed by atoms with Crippen LogP contribution in [-0.4, -0.2) is 15.9 Å². The van der Waals surface area contributed by atoms with Gasteiger partial charge in [0.05, 0.1) is 22.2 Å². The predicted octanol–water partition coefficient (Wildman–Crippen LogP) is 6.00. The standard InChI is InChI=1S/C27H25N3O4/c1-15-9-10-17(13-16(15)2)28-27(32)22-8-4-7-20-19-5-3-6-21(19)26(29-25(20)22)23-14-18(30(33)34)11-12-24(23)31/h3-5,7-14,19,21,26,29,31H,6H2,1-2H3,(H,28,32). The number of rotatable bonds is 4. The summed E-state index contributed by atoms with van der Waals surface area (Å²) < 4.78 is 0. The smallest absolute Gasteiger partial charge is 0.270 e. The van der Waals surface area contributed by atoms with Crippen LogP contribution in [0.25, 0.3) is 0 Å². The van der Waals surface area contributed by atoms with E-state index in [0.29, 0.717) is 22.5 Å². The molecule has 0 fully saturated rings. The van der Waals surface area contributed by atoms with Crippen LogP contribution in [0.2, 0.25) is 0 Å². The van der Waals surface area contributed by atoms with Crippen molar-refractivity contribution in [2.24, 2.45) is 5.92 Å². The highest BCUT2D eigenvalue weighted by atomic mass is 16.6. The Kier molecular flexibility index (Phi) is 5.32. The minimum atomic E-state index is -0.466. The number of nitro groups is 1. The number of amides is 1. The molecule has 1 aliphatic carbocycles. The van der Waals surface area contributed by atoms with Gasteiger partial charge in [-0.2, -0.15) is 0 Å². The van der Waals surface area contributed by atoms with Gasteiger partial charge in [0.2, 0.25) is 0 Å². The van der Waals surface area contributed by atoms with Crippen molar-refractivity contribution >= 4 is 23.0 Å². The number of carbonyl (C=O) groups excluding carboxylic acids is 1. The molecular formula is C27H25N3O4. The highest BCUT2D eigenvalue weighted by Gasteiger charge is 2.40. The maximum absolute atomic E-state index is 13.3. The molecule has 3 aromatic carbocycles. The minimum Gasteiger partial charge on any atom is -0.508 e. The Balaban J connectivity index is 1.55. The Morgan fingerprint density at radius 2 is 1.91 bits per heavy atom. The maximum Gasteiger partial charge on any atom is 0.270 e. The van der Waals surface area contributed by atoms with E-state index in [-0.39, 0.29) is 35.2 Å². The van der Waals surface area contributed by atoms with Crippen LogP contribution in [0.15, 0.2) is 66.7 Å². The molecule has 7 heteroatoms. The number of phenolic OH excluding ortho intramolecular Hbond substituents is 1. The zero-order valence-corrected chi connectivity index (χ0v) is 18.9. The van der Waals surface area contributed by atoms with Crippen molar-refractivity contribution in [3.05, 3.63) is 105 Å². The van der Waals surface area contributed by atoms with Crippen molar-refractivity contribution in [2.45, 2.75) is 32.2 Å². The summed E-state index contributed by atoms with van der Waals surface area (Å²) in [7, 11) is 0. The number of allylic oxidation sites excluding steroid dienone is 2. The van der Waals surface area contributed by atoms with Crippen molar-refractivity contribution in [2.75, 3.05) is 10.6 Å². The molecule has 1 heterocycles. The molecule has 0 aromatic heterocycles. The second-order valence-corrected chi connectivity index (χ2v) is 9.00. The van der Waals surface area contributed by atoms with Crippen molar-refractivity contribution in [3.8, 4) is 5.75 Å². The monoisotopic (exact) mass is 455 g/mol. The number of fused-ring (bicyclic) bond motifs is 3. The van der Waals surface area contributed by atoms with E-state index in [4.69, 9.17) is 0 Å². The van der Waals surface area contributed by atoms with Crippen LogP contribution in [0.3, 0.4) is 0 Å². The van der Waals surface area contributed by atoms with Crippen molar-refractivity contribution < 1.29 is 14.8 Å². The van der Waals surface area contributed by atoms with Crippen molar-refractivity contribution in [1.29, 1.82) is 0 Å². The van der Waals surface area contributed by atoms with Crippen molar-refractivity contribution in [1.82, 2.24) is 0 Å². The number of non-ortho nitro benzene ring substituents is 1. The number of carbonyl (C=O) groups is 1. The van der Waals surface area contributed by atoms with Gasteiger partial charge in [-0.25, -0.2) is 0 Å². The molecule has 34 heavy (non-hydrogen) atoms. The number of nitrogens with zero attached hydrogens (tertiary/aromatic N) is 1. The molecule has 3 unspecified atom stereocenters. The minimum absolute atomic E-state index is 0.00531. The fraction of sp³-hybridized carbons (Fsp3) is 0.222. The number of para-hydroxylation sites is 1. The van der Waals surface area contributed by atoms with Gasteiger partial charge in [0, 0.05) is 29.3 Å². The molecule has 2 aliphatic rings. The summed E-state index contributed by atoms with van der Waals surface area (Å²) in [6, 6.07) is 15.1. The molecule has 1 amide bonds. The van der Waals surface area contributed by atoms with Crippen LogP contribution in [-0.2, 0) is 0 Å². The summed E-state index contributed by atoms with van der Waals surface area (Å²) in [5.74, 6) is -0.142. The Morgan fingerprint density at radius 1 is 1.09 bits per heavy atom. The summed E-state index contributed by atoms with van der Waals surface area (Å²) in [5.41, 5.74) is 5.52. The number of nitrogens with one attached hydrogen (secondary N) is 2.